The number of aryl methyl sites for hydroxylation is 1. The number of aromatic nitrogens is 3. The quantitative estimate of drug-likeness (QED) is 0.857. The predicted molar refractivity (Wildman–Crippen MR) is 63.9 cm³/mol. The van der Waals surface area contributed by atoms with E-state index in [9.17, 15) is 9.18 Å². The third kappa shape index (κ3) is 2.51. The van der Waals surface area contributed by atoms with Crippen molar-refractivity contribution < 1.29 is 14.3 Å². The molecule has 0 amide bonds. The van der Waals surface area contributed by atoms with Gasteiger partial charge in [-0.05, 0) is 11.6 Å². The molecule has 5 nitrogen and oxygen atoms in total. The Kier molecular flexibility index (Phi) is 3.61. The van der Waals surface area contributed by atoms with Crippen molar-refractivity contribution in [2.45, 2.75) is 10.9 Å². The highest BCUT2D eigenvalue weighted by Gasteiger charge is 2.14. The van der Waals surface area contributed by atoms with Gasteiger partial charge in [0.2, 0.25) is 0 Å². The Morgan fingerprint density at radius 1 is 1.56 bits per heavy atom. The van der Waals surface area contributed by atoms with Gasteiger partial charge < -0.3 is 5.11 Å². The van der Waals surface area contributed by atoms with Gasteiger partial charge in [0, 0.05) is 12.8 Å². The number of carbonyl (C=O) groups is 1. The van der Waals surface area contributed by atoms with Crippen LogP contribution in [0.5, 0.6) is 0 Å². The van der Waals surface area contributed by atoms with Crippen molar-refractivity contribution >= 4 is 17.7 Å². The summed E-state index contributed by atoms with van der Waals surface area (Å²) in [4.78, 5) is 14.8. The van der Waals surface area contributed by atoms with E-state index in [4.69, 9.17) is 5.11 Å². The van der Waals surface area contributed by atoms with Gasteiger partial charge >= 0.3 is 5.97 Å². The zero-order valence-electron chi connectivity index (χ0n) is 9.50. The van der Waals surface area contributed by atoms with Gasteiger partial charge in [0.15, 0.2) is 5.16 Å². The van der Waals surface area contributed by atoms with Crippen LogP contribution in [0, 0.1) is 5.82 Å². The fourth-order valence-corrected chi connectivity index (χ4v) is 2.28. The molecule has 0 spiro atoms. The molecule has 0 radical (unpaired) electrons. The fourth-order valence-electron chi connectivity index (χ4n) is 1.42. The van der Waals surface area contributed by atoms with Gasteiger partial charge in [-0.3, -0.25) is 0 Å². The number of thioether (sulfide) groups is 1. The molecule has 0 fully saturated rings. The van der Waals surface area contributed by atoms with Crippen molar-refractivity contribution in [1.29, 1.82) is 0 Å². The lowest BCUT2D eigenvalue weighted by molar-refractivity contribution is 0.0691. The van der Waals surface area contributed by atoms with Crippen molar-refractivity contribution in [2.75, 3.05) is 0 Å². The highest BCUT2D eigenvalue weighted by Crippen LogP contribution is 2.23. The second-order valence-corrected chi connectivity index (χ2v) is 4.48. The minimum Gasteiger partial charge on any atom is -0.478 e. The topological polar surface area (TPSA) is 68.0 Å². The van der Waals surface area contributed by atoms with Gasteiger partial charge in [0.1, 0.15) is 12.1 Å². The summed E-state index contributed by atoms with van der Waals surface area (Å²) in [5.74, 6) is -1.66. The minimum atomic E-state index is -1.27. The van der Waals surface area contributed by atoms with Crippen LogP contribution in [-0.2, 0) is 12.8 Å². The average Bonchev–Trinajstić information content (AvgIpc) is 2.73. The van der Waals surface area contributed by atoms with Crippen LogP contribution in [0.3, 0.4) is 0 Å². The lowest BCUT2D eigenvalue weighted by Gasteiger charge is -2.05. The third-order valence-electron chi connectivity index (χ3n) is 2.34. The molecule has 0 saturated carbocycles. The van der Waals surface area contributed by atoms with Crippen molar-refractivity contribution in [3.8, 4) is 0 Å². The van der Waals surface area contributed by atoms with E-state index in [1.807, 2.05) is 0 Å². The number of carboxylic acids is 1. The summed E-state index contributed by atoms with van der Waals surface area (Å²) >= 11 is 1.30. The maximum absolute atomic E-state index is 13.8. The van der Waals surface area contributed by atoms with Gasteiger partial charge in [-0.2, -0.15) is 5.10 Å². The zero-order chi connectivity index (χ0) is 13.1. The van der Waals surface area contributed by atoms with Crippen molar-refractivity contribution in [3.63, 3.8) is 0 Å². The van der Waals surface area contributed by atoms with Crippen molar-refractivity contribution in [2.24, 2.45) is 7.05 Å². The van der Waals surface area contributed by atoms with Gasteiger partial charge in [0.25, 0.3) is 0 Å². The third-order valence-corrected chi connectivity index (χ3v) is 3.42. The molecule has 18 heavy (non-hydrogen) atoms. The highest BCUT2D eigenvalue weighted by atomic mass is 32.2. The zero-order valence-corrected chi connectivity index (χ0v) is 10.3. The van der Waals surface area contributed by atoms with Crippen LogP contribution in [0.1, 0.15) is 15.9 Å². The Morgan fingerprint density at radius 3 is 2.94 bits per heavy atom. The van der Waals surface area contributed by atoms with Crippen LogP contribution in [-0.4, -0.2) is 25.8 Å². The smallest absolute Gasteiger partial charge is 0.338 e. The second-order valence-electron chi connectivity index (χ2n) is 3.54. The summed E-state index contributed by atoms with van der Waals surface area (Å²) in [6, 6.07) is 4.33. The van der Waals surface area contributed by atoms with Crippen LogP contribution in [0.2, 0.25) is 0 Å². The van der Waals surface area contributed by atoms with Gasteiger partial charge in [-0.25, -0.2) is 18.9 Å². The van der Waals surface area contributed by atoms with E-state index in [1.54, 1.807) is 17.8 Å². The van der Waals surface area contributed by atoms with Gasteiger partial charge in [-0.1, -0.05) is 23.9 Å². The van der Waals surface area contributed by atoms with Crippen LogP contribution >= 0.6 is 11.8 Å². The van der Waals surface area contributed by atoms with E-state index in [0.29, 0.717) is 16.5 Å². The highest BCUT2D eigenvalue weighted by molar-refractivity contribution is 7.98. The van der Waals surface area contributed by atoms with Gasteiger partial charge in [0.05, 0.1) is 5.56 Å². The Bertz CT molecular complexity index is 585. The average molecular weight is 267 g/mol. The summed E-state index contributed by atoms with van der Waals surface area (Å²) in [5, 5.41) is 13.4. The Balaban J connectivity index is 2.17. The molecule has 7 heteroatoms. The molecular weight excluding hydrogens is 257 g/mol. The summed E-state index contributed by atoms with van der Waals surface area (Å²) in [6.45, 7) is 0. The SMILES string of the molecule is Cn1ncnc1SCc1cccc(C(=O)O)c1F. The molecule has 0 bridgehead atoms. The molecule has 0 atom stereocenters. The largest absolute Gasteiger partial charge is 0.478 e. The van der Waals surface area contributed by atoms with Crippen LogP contribution in [0.4, 0.5) is 4.39 Å². The minimum absolute atomic E-state index is 0.305. The number of hydrogen-bond donors (Lipinski definition) is 1. The fraction of sp³-hybridized carbons (Fsp3) is 0.182. The van der Waals surface area contributed by atoms with E-state index in [-0.39, 0.29) is 5.56 Å². The molecule has 0 aliphatic rings. The first-order chi connectivity index (χ1) is 8.59. The maximum Gasteiger partial charge on any atom is 0.338 e. The number of halogens is 1. The molecule has 2 aromatic rings. The van der Waals surface area contributed by atoms with E-state index >= 15 is 0 Å². The van der Waals surface area contributed by atoms with Gasteiger partial charge in [-0.15, -0.1) is 0 Å². The number of rotatable bonds is 4. The maximum atomic E-state index is 13.8. The first-order valence-corrected chi connectivity index (χ1v) is 6.05. The van der Waals surface area contributed by atoms with Crippen LogP contribution in [0.25, 0.3) is 0 Å². The van der Waals surface area contributed by atoms with E-state index in [2.05, 4.69) is 10.1 Å². The summed E-state index contributed by atoms with van der Waals surface area (Å²) < 4.78 is 15.4. The van der Waals surface area contributed by atoms with Crippen molar-refractivity contribution in [3.05, 3.63) is 41.5 Å². The molecule has 0 aliphatic carbocycles. The molecule has 94 valence electrons. The molecule has 0 aliphatic heterocycles. The molecule has 0 unspecified atom stereocenters. The Hall–Kier alpha value is -1.89. The molecule has 0 saturated heterocycles. The molecule has 1 heterocycles. The lowest BCUT2D eigenvalue weighted by Crippen LogP contribution is -2.03. The molecule has 2 rings (SSSR count). The lowest BCUT2D eigenvalue weighted by atomic mass is 10.1. The van der Waals surface area contributed by atoms with E-state index in [1.165, 1.54) is 30.2 Å². The summed E-state index contributed by atoms with van der Waals surface area (Å²) in [7, 11) is 1.74. The number of aromatic carboxylic acids is 1. The van der Waals surface area contributed by atoms with Crippen LogP contribution in [0.15, 0.2) is 29.7 Å². The molecule has 1 aromatic heterocycles. The second kappa shape index (κ2) is 5.18. The first kappa shape index (κ1) is 12.6. The molecule has 1 aromatic carbocycles. The Morgan fingerprint density at radius 2 is 2.33 bits per heavy atom. The van der Waals surface area contributed by atoms with Crippen molar-refractivity contribution in [1.82, 2.24) is 14.8 Å². The number of nitrogens with zero attached hydrogens (tertiary/aromatic N) is 3. The predicted octanol–water partition coefficient (Wildman–Crippen LogP) is 1.94. The van der Waals surface area contributed by atoms with E-state index < -0.39 is 11.8 Å². The van der Waals surface area contributed by atoms with Crippen LogP contribution < -0.4 is 0 Å². The summed E-state index contributed by atoms with van der Waals surface area (Å²) in [5.41, 5.74) is 0.0222. The standard InChI is InChI=1S/C11H10FN3O2S/c1-15-11(13-6-14-15)18-5-7-3-2-4-8(9(7)12)10(16)17/h2-4,6H,5H2,1H3,(H,16,17). The van der Waals surface area contributed by atoms with E-state index in [0.717, 1.165) is 0 Å². The Labute approximate surface area is 107 Å². The first-order valence-electron chi connectivity index (χ1n) is 5.07. The number of carboxylic acid groups (broad SMARTS) is 1. The molecule has 1 N–H and O–H groups in total. The summed E-state index contributed by atoms with van der Waals surface area (Å²) in [6.07, 6.45) is 1.41. The number of benzene rings is 1. The normalized spacial score (nSPS) is 10.6. The monoisotopic (exact) mass is 267 g/mol. The number of hydrogen-bond acceptors (Lipinski definition) is 4. The molecular formula is C11H10FN3O2S.